The van der Waals surface area contributed by atoms with Crippen molar-refractivity contribution in [1.29, 1.82) is 0 Å². The third-order valence-electron chi connectivity index (χ3n) is 8.46. The van der Waals surface area contributed by atoms with E-state index in [1.54, 1.807) is 6.26 Å². The van der Waals surface area contributed by atoms with Gasteiger partial charge in [0.1, 0.15) is 5.58 Å². The van der Waals surface area contributed by atoms with E-state index in [1.165, 1.54) is 32.1 Å². The standard InChI is InChI=1S/C30H29N3O3.ClH/c34-28-25(22-11-8-9-20-13-18-36-27(20)22)26(29(35)31-28)23-19-33(24-12-3-2-10-21(23)24)30(14-4-1-5-15-30)32-16-6-7-17-32;/h2-3,8-13,18-19H,1,4-7,14-17H2,(H,31,34,35);1H. The molecule has 0 spiro atoms. The first kappa shape index (κ1) is 24.0. The molecular formula is C30H30ClN3O3. The lowest BCUT2D eigenvalue weighted by molar-refractivity contribution is -0.122. The van der Waals surface area contributed by atoms with Crippen molar-refractivity contribution in [2.24, 2.45) is 0 Å². The van der Waals surface area contributed by atoms with Crippen LogP contribution in [0.4, 0.5) is 0 Å². The maximum Gasteiger partial charge on any atom is 0.259 e. The number of carbonyl (C=O) groups is 2. The van der Waals surface area contributed by atoms with Gasteiger partial charge >= 0.3 is 0 Å². The van der Waals surface area contributed by atoms with Gasteiger partial charge in [0.15, 0.2) is 0 Å². The Morgan fingerprint density at radius 3 is 2.30 bits per heavy atom. The zero-order valence-corrected chi connectivity index (χ0v) is 21.5. The van der Waals surface area contributed by atoms with Crippen molar-refractivity contribution < 1.29 is 14.0 Å². The molecule has 2 aromatic heterocycles. The maximum absolute atomic E-state index is 13.4. The number of hydrogen-bond acceptors (Lipinski definition) is 4. The number of para-hydroxylation sites is 2. The summed E-state index contributed by atoms with van der Waals surface area (Å²) in [5.41, 5.74) is 3.95. The van der Waals surface area contributed by atoms with Crippen molar-refractivity contribution in [3.05, 3.63) is 72.1 Å². The van der Waals surface area contributed by atoms with E-state index in [9.17, 15) is 9.59 Å². The number of rotatable bonds is 4. The Balaban J connectivity index is 0.00000252. The maximum atomic E-state index is 13.4. The van der Waals surface area contributed by atoms with E-state index in [1.807, 2.05) is 30.3 Å². The molecule has 4 aromatic rings. The second-order valence-electron chi connectivity index (χ2n) is 10.3. The number of halogens is 1. The van der Waals surface area contributed by atoms with Crippen LogP contribution in [-0.2, 0) is 15.3 Å². The molecular weight excluding hydrogens is 486 g/mol. The number of carbonyl (C=O) groups excluding carboxylic acids is 2. The Kier molecular flexibility index (Phi) is 5.97. The van der Waals surface area contributed by atoms with Crippen molar-refractivity contribution in [3.8, 4) is 0 Å². The zero-order chi connectivity index (χ0) is 24.3. The monoisotopic (exact) mass is 515 g/mol. The van der Waals surface area contributed by atoms with E-state index in [2.05, 4.69) is 39.2 Å². The number of imide groups is 1. The molecule has 0 radical (unpaired) electrons. The van der Waals surface area contributed by atoms with Gasteiger partial charge in [-0.3, -0.25) is 19.8 Å². The van der Waals surface area contributed by atoms with Crippen molar-refractivity contribution in [2.75, 3.05) is 13.1 Å². The Bertz CT molecular complexity index is 1550. The lowest BCUT2D eigenvalue weighted by Gasteiger charge is -2.46. The fourth-order valence-corrected chi connectivity index (χ4v) is 6.84. The molecule has 6 nitrogen and oxygen atoms in total. The van der Waals surface area contributed by atoms with Gasteiger partial charge in [-0.05, 0) is 50.7 Å². The number of nitrogens with zero attached hydrogens (tertiary/aromatic N) is 2. The highest BCUT2D eigenvalue weighted by Crippen LogP contribution is 2.45. The predicted octanol–water partition coefficient (Wildman–Crippen LogP) is 6.09. The number of likely N-dealkylation sites (tertiary alicyclic amines) is 1. The Hall–Kier alpha value is -3.35. The second kappa shape index (κ2) is 9.19. The highest BCUT2D eigenvalue weighted by molar-refractivity contribution is 6.50. The summed E-state index contributed by atoms with van der Waals surface area (Å²) in [4.78, 5) is 29.2. The molecule has 7 rings (SSSR count). The summed E-state index contributed by atoms with van der Waals surface area (Å²) in [6.07, 6.45) is 12.1. The molecule has 190 valence electrons. The van der Waals surface area contributed by atoms with E-state index in [0.29, 0.717) is 22.3 Å². The molecule has 1 saturated carbocycles. The molecule has 0 bridgehead atoms. The zero-order valence-electron chi connectivity index (χ0n) is 20.7. The molecule has 1 N–H and O–H groups in total. The van der Waals surface area contributed by atoms with Gasteiger partial charge in [0, 0.05) is 41.2 Å². The van der Waals surface area contributed by atoms with Gasteiger partial charge in [0.2, 0.25) is 0 Å². The lowest BCUT2D eigenvalue weighted by atomic mass is 9.87. The Morgan fingerprint density at radius 1 is 0.784 bits per heavy atom. The molecule has 2 aromatic carbocycles. The molecule has 4 heterocycles. The highest BCUT2D eigenvalue weighted by atomic mass is 35.5. The van der Waals surface area contributed by atoms with E-state index in [0.717, 1.165) is 47.8 Å². The number of aromatic nitrogens is 1. The first-order chi connectivity index (χ1) is 17.7. The van der Waals surface area contributed by atoms with Gasteiger partial charge < -0.3 is 8.98 Å². The summed E-state index contributed by atoms with van der Waals surface area (Å²) in [5.74, 6) is -0.719. The molecule has 7 heteroatoms. The van der Waals surface area contributed by atoms with Crippen LogP contribution >= 0.6 is 12.4 Å². The number of furan rings is 1. The quantitative estimate of drug-likeness (QED) is 0.334. The summed E-state index contributed by atoms with van der Waals surface area (Å²) >= 11 is 0. The average molecular weight is 516 g/mol. The highest BCUT2D eigenvalue weighted by Gasteiger charge is 2.43. The van der Waals surface area contributed by atoms with Gasteiger partial charge in [0.05, 0.1) is 28.6 Å². The molecule has 37 heavy (non-hydrogen) atoms. The largest absolute Gasteiger partial charge is 0.464 e. The summed E-state index contributed by atoms with van der Waals surface area (Å²) in [7, 11) is 0. The predicted molar refractivity (Wildman–Crippen MR) is 147 cm³/mol. The third kappa shape index (κ3) is 3.57. The molecule has 1 saturated heterocycles. The van der Waals surface area contributed by atoms with Crippen LogP contribution in [0, 0.1) is 0 Å². The second-order valence-corrected chi connectivity index (χ2v) is 10.3. The van der Waals surface area contributed by atoms with Crippen LogP contribution in [0.25, 0.3) is 33.0 Å². The van der Waals surface area contributed by atoms with E-state index >= 15 is 0 Å². The Morgan fingerprint density at radius 2 is 1.51 bits per heavy atom. The van der Waals surface area contributed by atoms with Gasteiger partial charge in [-0.1, -0.05) is 42.8 Å². The fraction of sp³-hybridized carbons (Fsp3) is 0.333. The molecule has 1 aliphatic carbocycles. The molecule has 3 aliphatic rings. The minimum absolute atomic E-state index is 0. The number of fused-ring (bicyclic) bond motifs is 2. The number of benzene rings is 2. The smallest absolute Gasteiger partial charge is 0.259 e. The first-order valence-corrected chi connectivity index (χ1v) is 13.1. The number of amides is 2. The van der Waals surface area contributed by atoms with Gasteiger partial charge in [-0.2, -0.15) is 0 Å². The Labute approximate surface area is 221 Å². The van der Waals surface area contributed by atoms with Gasteiger partial charge in [0.25, 0.3) is 11.8 Å². The molecule has 0 atom stereocenters. The van der Waals surface area contributed by atoms with Crippen molar-refractivity contribution >= 4 is 57.2 Å². The van der Waals surface area contributed by atoms with Crippen LogP contribution in [0.1, 0.15) is 56.1 Å². The van der Waals surface area contributed by atoms with Crippen LogP contribution in [0.15, 0.2) is 65.4 Å². The summed E-state index contributed by atoms with van der Waals surface area (Å²) in [6.45, 7) is 2.21. The fourth-order valence-electron chi connectivity index (χ4n) is 6.84. The average Bonchev–Trinajstić information content (AvgIpc) is 3.70. The van der Waals surface area contributed by atoms with E-state index in [-0.39, 0.29) is 29.9 Å². The van der Waals surface area contributed by atoms with Crippen molar-refractivity contribution in [1.82, 2.24) is 14.8 Å². The summed E-state index contributed by atoms with van der Waals surface area (Å²) in [6, 6.07) is 15.9. The first-order valence-electron chi connectivity index (χ1n) is 13.1. The van der Waals surface area contributed by atoms with Crippen molar-refractivity contribution in [3.63, 3.8) is 0 Å². The normalized spacial score (nSPS) is 20.1. The minimum Gasteiger partial charge on any atom is -0.464 e. The van der Waals surface area contributed by atoms with Crippen molar-refractivity contribution in [2.45, 2.75) is 50.6 Å². The molecule has 2 aliphatic heterocycles. The minimum atomic E-state index is -0.373. The van der Waals surface area contributed by atoms with Crippen LogP contribution < -0.4 is 5.32 Å². The topological polar surface area (TPSA) is 67.5 Å². The molecule has 2 amide bonds. The van der Waals surface area contributed by atoms with Crippen LogP contribution in [-0.4, -0.2) is 34.4 Å². The third-order valence-corrected chi connectivity index (χ3v) is 8.46. The SMILES string of the molecule is Cl.O=C1NC(=O)C(c2cccc3ccoc23)=C1c1cn(C2(N3CCCC3)CCCCC2)c2ccccc12. The van der Waals surface area contributed by atoms with E-state index < -0.39 is 0 Å². The molecule has 2 fully saturated rings. The lowest BCUT2D eigenvalue weighted by Crippen LogP contribution is -2.50. The summed E-state index contributed by atoms with van der Waals surface area (Å²) < 4.78 is 8.20. The van der Waals surface area contributed by atoms with Crippen LogP contribution in [0.3, 0.4) is 0 Å². The van der Waals surface area contributed by atoms with Crippen LogP contribution in [0.2, 0.25) is 0 Å². The van der Waals surface area contributed by atoms with Gasteiger partial charge in [-0.15, -0.1) is 12.4 Å². The van der Waals surface area contributed by atoms with Crippen LogP contribution in [0.5, 0.6) is 0 Å². The van der Waals surface area contributed by atoms with Gasteiger partial charge in [-0.25, -0.2) is 0 Å². The summed E-state index contributed by atoms with van der Waals surface area (Å²) in [5, 5.41) is 4.49. The number of hydrogen-bond donors (Lipinski definition) is 1. The van der Waals surface area contributed by atoms with E-state index in [4.69, 9.17) is 4.42 Å². The number of nitrogens with one attached hydrogen (secondary N) is 1. The molecule has 0 unspecified atom stereocenters.